The van der Waals surface area contributed by atoms with Crippen LogP contribution in [0.3, 0.4) is 0 Å². The molecule has 1 N–H and O–H groups in total. The summed E-state index contributed by atoms with van der Waals surface area (Å²) in [6.07, 6.45) is 2.69. The third-order valence-corrected chi connectivity index (χ3v) is 3.79. The SMILES string of the molecule is CCC(C)(C)c1cccc(C=Nc2ccccc2)c1O.[Cl][Zr][Cl]. The monoisotopic (exact) mass is 427 g/mol. The minimum absolute atomic E-state index is 0.0410. The fourth-order valence-corrected chi connectivity index (χ4v) is 2.06. The normalized spacial score (nSPS) is 11.0. The summed E-state index contributed by atoms with van der Waals surface area (Å²) in [4.78, 5) is 4.40. The van der Waals surface area contributed by atoms with E-state index < -0.39 is 20.8 Å². The zero-order chi connectivity index (χ0) is 17.3. The van der Waals surface area contributed by atoms with E-state index in [0.29, 0.717) is 5.75 Å². The molecular weight excluding hydrogens is 408 g/mol. The number of benzene rings is 2. The zero-order valence-electron chi connectivity index (χ0n) is 13.6. The summed E-state index contributed by atoms with van der Waals surface area (Å²) in [6.45, 7) is 6.41. The zero-order valence-corrected chi connectivity index (χ0v) is 17.5. The van der Waals surface area contributed by atoms with Gasteiger partial charge in [0, 0.05) is 17.3 Å². The van der Waals surface area contributed by atoms with Gasteiger partial charge in [0.1, 0.15) is 5.75 Å². The molecule has 2 rings (SSSR count). The first kappa shape index (κ1) is 20.4. The molecule has 0 fully saturated rings. The van der Waals surface area contributed by atoms with Crippen molar-refractivity contribution >= 4 is 28.9 Å². The predicted octanol–water partition coefficient (Wildman–Crippen LogP) is 6.21. The van der Waals surface area contributed by atoms with Crippen LogP contribution in [0.4, 0.5) is 5.69 Å². The van der Waals surface area contributed by atoms with E-state index in [9.17, 15) is 5.11 Å². The van der Waals surface area contributed by atoms with Gasteiger partial charge in [-0.3, -0.25) is 4.99 Å². The van der Waals surface area contributed by atoms with Gasteiger partial charge in [0.25, 0.3) is 0 Å². The Labute approximate surface area is 157 Å². The first-order valence-electron chi connectivity index (χ1n) is 7.34. The Morgan fingerprint density at radius 2 is 1.70 bits per heavy atom. The van der Waals surface area contributed by atoms with Gasteiger partial charge in [0.15, 0.2) is 0 Å². The number of para-hydroxylation sites is 2. The molecule has 0 saturated heterocycles. The number of aromatic hydroxyl groups is 1. The first-order valence-corrected chi connectivity index (χ1v) is 13.7. The van der Waals surface area contributed by atoms with E-state index in [1.165, 1.54) is 0 Å². The predicted molar refractivity (Wildman–Crippen MR) is 96.8 cm³/mol. The van der Waals surface area contributed by atoms with Crippen molar-refractivity contribution in [3.8, 4) is 5.75 Å². The summed E-state index contributed by atoms with van der Waals surface area (Å²) in [6, 6.07) is 15.6. The van der Waals surface area contributed by atoms with Crippen molar-refractivity contribution in [2.75, 3.05) is 0 Å². The molecule has 122 valence electrons. The van der Waals surface area contributed by atoms with Gasteiger partial charge in [0.2, 0.25) is 0 Å². The molecule has 0 amide bonds. The molecule has 2 aromatic carbocycles. The van der Waals surface area contributed by atoms with Crippen LogP contribution < -0.4 is 0 Å². The molecule has 2 aromatic rings. The topological polar surface area (TPSA) is 32.6 Å². The van der Waals surface area contributed by atoms with Crippen LogP contribution in [0.25, 0.3) is 0 Å². The fourth-order valence-electron chi connectivity index (χ4n) is 2.06. The van der Waals surface area contributed by atoms with Crippen molar-refractivity contribution < 1.29 is 26.0 Å². The Hall–Kier alpha value is -0.627. The van der Waals surface area contributed by atoms with Crippen LogP contribution in [0, 0.1) is 0 Å². The molecule has 0 atom stereocenters. The molecule has 5 heteroatoms. The van der Waals surface area contributed by atoms with E-state index in [0.717, 1.165) is 23.2 Å². The number of aliphatic imine (C=N–C) groups is 1. The number of phenolic OH excluding ortho intramolecular Hbond substituents is 1. The Balaban J connectivity index is 0.000000816. The quantitative estimate of drug-likeness (QED) is 0.576. The van der Waals surface area contributed by atoms with Gasteiger partial charge in [-0.25, -0.2) is 0 Å². The summed E-state index contributed by atoms with van der Waals surface area (Å²) in [7, 11) is 9.87. The second-order valence-electron chi connectivity index (χ2n) is 5.65. The third-order valence-electron chi connectivity index (χ3n) is 3.79. The second-order valence-corrected chi connectivity index (χ2v) is 9.38. The van der Waals surface area contributed by atoms with Gasteiger partial charge < -0.3 is 5.11 Å². The summed E-state index contributed by atoms with van der Waals surface area (Å²) in [5, 5.41) is 10.4. The van der Waals surface area contributed by atoms with Crippen LogP contribution in [0.5, 0.6) is 5.75 Å². The van der Waals surface area contributed by atoms with Gasteiger partial charge in [-0.2, -0.15) is 0 Å². The molecule has 0 unspecified atom stereocenters. The molecule has 0 bridgehead atoms. The number of rotatable bonds is 4. The fraction of sp³-hybridized carbons (Fsp3) is 0.278. The minimum atomic E-state index is -0.826. The molecule has 0 radical (unpaired) electrons. The Morgan fingerprint density at radius 3 is 2.26 bits per heavy atom. The van der Waals surface area contributed by atoms with E-state index in [2.05, 4.69) is 25.8 Å². The molecular formula is C18H21Cl2NOZr. The van der Waals surface area contributed by atoms with Crippen LogP contribution in [0.1, 0.15) is 38.3 Å². The van der Waals surface area contributed by atoms with Gasteiger partial charge in [0.05, 0.1) is 5.69 Å². The Morgan fingerprint density at radius 1 is 1.09 bits per heavy atom. The van der Waals surface area contributed by atoms with Gasteiger partial charge in [-0.05, 0) is 30.0 Å². The summed E-state index contributed by atoms with van der Waals surface area (Å²) >= 11 is -0.826. The Bertz CT molecular complexity index is 630. The first-order chi connectivity index (χ1) is 11.0. The molecule has 2 nitrogen and oxygen atoms in total. The van der Waals surface area contributed by atoms with Crippen LogP contribution >= 0.6 is 17.0 Å². The van der Waals surface area contributed by atoms with Crippen molar-refractivity contribution in [2.45, 2.75) is 32.6 Å². The molecule has 23 heavy (non-hydrogen) atoms. The summed E-state index contributed by atoms with van der Waals surface area (Å²) in [5.74, 6) is 0.332. The molecule has 0 heterocycles. The van der Waals surface area contributed by atoms with Crippen molar-refractivity contribution in [3.05, 3.63) is 59.7 Å². The van der Waals surface area contributed by atoms with Crippen molar-refractivity contribution in [1.82, 2.24) is 0 Å². The molecule has 0 aromatic heterocycles. The maximum atomic E-state index is 10.4. The van der Waals surface area contributed by atoms with Crippen LogP contribution in [-0.4, -0.2) is 11.3 Å². The third kappa shape index (κ3) is 6.41. The van der Waals surface area contributed by atoms with Gasteiger partial charge >= 0.3 is 37.9 Å². The van der Waals surface area contributed by atoms with Crippen LogP contribution in [0.15, 0.2) is 53.5 Å². The van der Waals surface area contributed by atoms with Crippen LogP contribution in [-0.2, 0) is 26.3 Å². The van der Waals surface area contributed by atoms with Gasteiger partial charge in [-0.1, -0.05) is 51.1 Å². The average molecular weight is 430 g/mol. The number of hydrogen-bond donors (Lipinski definition) is 1. The van der Waals surface area contributed by atoms with Gasteiger partial charge in [-0.15, -0.1) is 0 Å². The molecule has 0 aliphatic carbocycles. The maximum absolute atomic E-state index is 10.4. The number of nitrogens with zero attached hydrogens (tertiary/aromatic N) is 1. The second kappa shape index (κ2) is 10.3. The number of hydrogen-bond acceptors (Lipinski definition) is 2. The molecule has 0 saturated carbocycles. The van der Waals surface area contributed by atoms with E-state index in [4.69, 9.17) is 17.0 Å². The molecule has 0 spiro atoms. The Kier molecular flexibility index (Phi) is 9.13. The van der Waals surface area contributed by atoms with Crippen LogP contribution in [0.2, 0.25) is 0 Å². The summed E-state index contributed by atoms with van der Waals surface area (Å²) in [5.41, 5.74) is 2.57. The molecule has 0 aliphatic heterocycles. The number of phenols is 1. The average Bonchev–Trinajstić information content (AvgIpc) is 2.55. The van der Waals surface area contributed by atoms with Crippen molar-refractivity contribution in [3.63, 3.8) is 0 Å². The standard InChI is InChI=1S/C18H21NO.2ClH.Zr/c1-4-18(2,3)16-12-8-9-14(17(16)20)13-19-15-10-6-5-7-11-15;;;/h5-13,20H,4H2,1-3H3;2*1H;/q;;;+2/p-2. The van der Waals surface area contributed by atoms with E-state index in [1.54, 1.807) is 6.21 Å². The number of halogens is 2. The van der Waals surface area contributed by atoms with E-state index in [1.807, 2.05) is 48.5 Å². The van der Waals surface area contributed by atoms with Crippen molar-refractivity contribution in [2.24, 2.45) is 4.99 Å². The van der Waals surface area contributed by atoms with Crippen molar-refractivity contribution in [1.29, 1.82) is 0 Å². The van der Waals surface area contributed by atoms with E-state index in [-0.39, 0.29) is 5.41 Å². The molecule has 0 aliphatic rings. The van der Waals surface area contributed by atoms with E-state index >= 15 is 0 Å². The summed E-state index contributed by atoms with van der Waals surface area (Å²) < 4.78 is 0.